The standard InChI is InChI=1S/C10H19N3O3S/c1-4-13-6-10(11-7-13)17(15,16)12-8(2)5-9(3)14/h6-9,12,14H,4-5H2,1-3H3. The van der Waals surface area contributed by atoms with Crippen LogP contribution in [0.25, 0.3) is 0 Å². The van der Waals surface area contributed by atoms with Crippen LogP contribution < -0.4 is 4.72 Å². The number of nitrogens with zero attached hydrogens (tertiary/aromatic N) is 2. The summed E-state index contributed by atoms with van der Waals surface area (Å²) in [6, 6.07) is -0.327. The molecule has 1 aromatic heterocycles. The van der Waals surface area contributed by atoms with Gasteiger partial charge in [0, 0.05) is 18.8 Å². The molecule has 1 rings (SSSR count). The number of aromatic nitrogens is 2. The van der Waals surface area contributed by atoms with Crippen LogP contribution in [0.4, 0.5) is 0 Å². The van der Waals surface area contributed by atoms with Crippen molar-refractivity contribution in [3.63, 3.8) is 0 Å². The highest BCUT2D eigenvalue weighted by molar-refractivity contribution is 7.89. The summed E-state index contributed by atoms with van der Waals surface area (Å²) >= 11 is 0. The number of hydrogen-bond donors (Lipinski definition) is 2. The zero-order chi connectivity index (χ0) is 13.1. The highest BCUT2D eigenvalue weighted by atomic mass is 32.2. The number of aliphatic hydroxyl groups excluding tert-OH is 1. The minimum Gasteiger partial charge on any atom is -0.393 e. The molecule has 0 fully saturated rings. The fraction of sp³-hybridized carbons (Fsp3) is 0.700. The quantitative estimate of drug-likeness (QED) is 0.773. The van der Waals surface area contributed by atoms with Gasteiger partial charge < -0.3 is 9.67 Å². The van der Waals surface area contributed by atoms with Crippen molar-refractivity contribution < 1.29 is 13.5 Å². The molecule has 0 aromatic carbocycles. The lowest BCUT2D eigenvalue weighted by molar-refractivity contribution is 0.175. The molecule has 7 heteroatoms. The smallest absolute Gasteiger partial charge is 0.259 e. The second kappa shape index (κ2) is 5.61. The van der Waals surface area contributed by atoms with Gasteiger partial charge in [-0.05, 0) is 27.2 Å². The molecule has 1 aromatic rings. The summed E-state index contributed by atoms with van der Waals surface area (Å²) in [5.74, 6) is 0. The van der Waals surface area contributed by atoms with Crippen molar-refractivity contribution in [3.05, 3.63) is 12.5 Å². The van der Waals surface area contributed by atoms with Gasteiger partial charge in [0.1, 0.15) is 0 Å². The average molecular weight is 261 g/mol. The van der Waals surface area contributed by atoms with Crippen molar-refractivity contribution in [1.82, 2.24) is 14.3 Å². The fourth-order valence-corrected chi connectivity index (χ4v) is 2.74. The molecule has 0 spiro atoms. The van der Waals surface area contributed by atoms with E-state index in [2.05, 4.69) is 9.71 Å². The van der Waals surface area contributed by atoms with E-state index in [0.29, 0.717) is 13.0 Å². The van der Waals surface area contributed by atoms with Gasteiger partial charge in [-0.1, -0.05) is 0 Å². The molecule has 0 bridgehead atoms. The molecule has 2 atom stereocenters. The number of sulfonamides is 1. The van der Waals surface area contributed by atoms with Crippen molar-refractivity contribution >= 4 is 10.0 Å². The molecule has 0 aliphatic heterocycles. The monoisotopic (exact) mass is 261 g/mol. The Labute approximate surface area is 102 Å². The fourth-order valence-electron chi connectivity index (χ4n) is 1.54. The van der Waals surface area contributed by atoms with E-state index < -0.39 is 16.1 Å². The summed E-state index contributed by atoms with van der Waals surface area (Å²) in [6.45, 7) is 5.91. The van der Waals surface area contributed by atoms with Crippen molar-refractivity contribution in [2.75, 3.05) is 0 Å². The van der Waals surface area contributed by atoms with Gasteiger partial charge in [-0.3, -0.25) is 0 Å². The van der Waals surface area contributed by atoms with Gasteiger partial charge in [0.2, 0.25) is 0 Å². The molecule has 17 heavy (non-hydrogen) atoms. The largest absolute Gasteiger partial charge is 0.393 e. The Bertz CT molecular complexity index is 453. The number of rotatable bonds is 6. The first-order chi connectivity index (χ1) is 7.85. The predicted octanol–water partition coefficient (Wildman–Crippen LogP) is 0.341. The number of hydrogen-bond acceptors (Lipinski definition) is 4. The molecular weight excluding hydrogens is 242 g/mol. The summed E-state index contributed by atoms with van der Waals surface area (Å²) in [7, 11) is -3.59. The van der Waals surface area contributed by atoms with Crippen LogP contribution in [0, 0.1) is 0 Å². The van der Waals surface area contributed by atoms with Crippen LogP contribution in [0.3, 0.4) is 0 Å². The average Bonchev–Trinajstić information content (AvgIpc) is 2.63. The molecule has 0 aliphatic rings. The zero-order valence-electron chi connectivity index (χ0n) is 10.3. The highest BCUT2D eigenvalue weighted by Gasteiger charge is 2.20. The maximum absolute atomic E-state index is 11.9. The molecule has 1 heterocycles. The maximum atomic E-state index is 11.9. The van der Waals surface area contributed by atoms with E-state index in [-0.39, 0.29) is 11.1 Å². The second-order valence-electron chi connectivity index (χ2n) is 4.15. The van der Waals surface area contributed by atoms with Gasteiger partial charge in [-0.15, -0.1) is 0 Å². The molecule has 0 saturated carbocycles. The Hall–Kier alpha value is -0.920. The Morgan fingerprint density at radius 2 is 2.18 bits per heavy atom. The number of nitrogens with one attached hydrogen (secondary N) is 1. The van der Waals surface area contributed by atoms with E-state index >= 15 is 0 Å². The second-order valence-corrected chi connectivity index (χ2v) is 5.81. The lowest BCUT2D eigenvalue weighted by Crippen LogP contribution is -2.34. The predicted molar refractivity (Wildman–Crippen MR) is 64.0 cm³/mol. The zero-order valence-corrected chi connectivity index (χ0v) is 11.1. The molecule has 0 radical (unpaired) electrons. The normalized spacial score (nSPS) is 15.8. The molecule has 0 aliphatic carbocycles. The van der Waals surface area contributed by atoms with Crippen LogP contribution in [0.15, 0.2) is 17.6 Å². The Balaban J connectivity index is 2.74. The van der Waals surface area contributed by atoms with Gasteiger partial charge in [0.25, 0.3) is 10.0 Å². The molecular formula is C10H19N3O3S. The highest BCUT2D eigenvalue weighted by Crippen LogP contribution is 2.07. The lowest BCUT2D eigenvalue weighted by Gasteiger charge is -2.14. The molecule has 2 unspecified atom stereocenters. The van der Waals surface area contributed by atoms with Crippen molar-refractivity contribution in [3.8, 4) is 0 Å². The first-order valence-corrected chi connectivity index (χ1v) is 7.05. The number of aliphatic hydroxyl groups is 1. The van der Waals surface area contributed by atoms with Crippen molar-refractivity contribution in [2.45, 2.75) is 50.9 Å². The molecule has 6 nitrogen and oxygen atoms in total. The van der Waals surface area contributed by atoms with Crippen molar-refractivity contribution in [2.24, 2.45) is 0 Å². The van der Waals surface area contributed by atoms with Crippen LogP contribution in [0.1, 0.15) is 27.2 Å². The number of aryl methyl sites for hydroxylation is 1. The van der Waals surface area contributed by atoms with Crippen LogP contribution in [-0.4, -0.2) is 35.2 Å². The molecule has 0 amide bonds. The maximum Gasteiger partial charge on any atom is 0.259 e. The van der Waals surface area contributed by atoms with E-state index in [1.165, 1.54) is 12.5 Å². The molecule has 0 saturated heterocycles. The first kappa shape index (κ1) is 14.1. The van der Waals surface area contributed by atoms with E-state index in [1.807, 2.05) is 6.92 Å². The SMILES string of the molecule is CCn1cnc(S(=O)(=O)NC(C)CC(C)O)c1. The Kier molecular flexibility index (Phi) is 4.67. The van der Waals surface area contributed by atoms with E-state index in [4.69, 9.17) is 0 Å². The van der Waals surface area contributed by atoms with Crippen molar-refractivity contribution in [1.29, 1.82) is 0 Å². The van der Waals surface area contributed by atoms with Gasteiger partial charge in [0.05, 0.1) is 12.4 Å². The minimum absolute atomic E-state index is 0.0109. The summed E-state index contributed by atoms with van der Waals surface area (Å²) in [4.78, 5) is 3.84. The molecule has 98 valence electrons. The van der Waals surface area contributed by atoms with Gasteiger partial charge in [-0.2, -0.15) is 0 Å². The minimum atomic E-state index is -3.59. The summed E-state index contributed by atoms with van der Waals surface area (Å²) in [6.07, 6.45) is 2.79. The van der Waals surface area contributed by atoms with Crippen LogP contribution in [0.5, 0.6) is 0 Å². The Morgan fingerprint density at radius 3 is 2.65 bits per heavy atom. The van der Waals surface area contributed by atoms with Crippen LogP contribution in [-0.2, 0) is 16.6 Å². The van der Waals surface area contributed by atoms with Gasteiger partial charge >= 0.3 is 0 Å². The van der Waals surface area contributed by atoms with Gasteiger partial charge in [-0.25, -0.2) is 18.1 Å². The van der Waals surface area contributed by atoms with Gasteiger partial charge in [0.15, 0.2) is 5.03 Å². The summed E-state index contributed by atoms with van der Waals surface area (Å²) in [5.41, 5.74) is 0. The third-order valence-corrected chi connectivity index (χ3v) is 3.78. The van der Waals surface area contributed by atoms with E-state index in [9.17, 15) is 13.5 Å². The summed E-state index contributed by atoms with van der Waals surface area (Å²) in [5, 5.41) is 9.19. The van der Waals surface area contributed by atoms with Crippen LogP contribution >= 0.6 is 0 Å². The van der Waals surface area contributed by atoms with Crippen LogP contribution in [0.2, 0.25) is 0 Å². The summed E-state index contributed by atoms with van der Waals surface area (Å²) < 4.78 is 27.9. The third-order valence-electron chi connectivity index (χ3n) is 2.30. The van der Waals surface area contributed by atoms with E-state index in [0.717, 1.165) is 0 Å². The number of imidazole rings is 1. The Morgan fingerprint density at radius 1 is 1.53 bits per heavy atom. The molecule has 2 N–H and O–H groups in total. The lowest BCUT2D eigenvalue weighted by atomic mass is 10.2. The third kappa shape index (κ3) is 4.10. The van der Waals surface area contributed by atoms with E-state index in [1.54, 1.807) is 18.4 Å². The topological polar surface area (TPSA) is 84.2 Å². The first-order valence-electron chi connectivity index (χ1n) is 5.57.